The highest BCUT2D eigenvalue weighted by atomic mass is 32.1. The molecule has 0 radical (unpaired) electrons. The Morgan fingerprint density at radius 1 is 1.23 bits per heavy atom. The van der Waals surface area contributed by atoms with E-state index in [0.717, 1.165) is 36.9 Å². The van der Waals surface area contributed by atoms with Crippen LogP contribution in [0, 0.1) is 18.8 Å². The zero-order valence-electron chi connectivity index (χ0n) is 16.8. The van der Waals surface area contributed by atoms with Gasteiger partial charge in [-0.15, -0.1) is 5.10 Å². The molecule has 1 N–H and O–H groups in total. The third-order valence-corrected chi connectivity index (χ3v) is 6.75. The van der Waals surface area contributed by atoms with E-state index < -0.39 is 19.2 Å². The van der Waals surface area contributed by atoms with E-state index in [0.29, 0.717) is 23.4 Å². The second-order valence-corrected chi connectivity index (χ2v) is 8.82. The fourth-order valence-corrected chi connectivity index (χ4v) is 5.20. The van der Waals surface area contributed by atoms with E-state index in [4.69, 9.17) is 4.74 Å². The molecule has 1 aliphatic heterocycles. The Morgan fingerprint density at radius 3 is 2.68 bits per heavy atom. The molecular weight excluding hydrogens is 431 g/mol. The molecule has 3 aromatic heterocycles. The molecule has 166 valence electrons. The van der Waals surface area contributed by atoms with Gasteiger partial charge in [-0.2, -0.15) is 22.5 Å². The minimum atomic E-state index is -4.26. The third-order valence-electron chi connectivity index (χ3n) is 5.89. The number of aryl methyl sites for hydroxylation is 1. The molecule has 5 rings (SSSR count). The van der Waals surface area contributed by atoms with Gasteiger partial charge in [0.1, 0.15) is 5.82 Å². The molecule has 3 aromatic rings. The van der Waals surface area contributed by atoms with Crippen LogP contribution in [0.15, 0.2) is 18.3 Å². The Kier molecular flexibility index (Phi) is 5.11. The average molecular weight is 453 g/mol. The molecule has 3 atom stereocenters. The lowest BCUT2D eigenvalue weighted by Gasteiger charge is -2.37. The fourth-order valence-electron chi connectivity index (χ4n) is 4.51. The number of fused-ring (bicyclic) bond motifs is 3. The van der Waals surface area contributed by atoms with Crippen molar-refractivity contribution in [2.45, 2.75) is 38.4 Å². The number of hydrogen-bond acceptors (Lipinski definition) is 8. The van der Waals surface area contributed by atoms with E-state index in [9.17, 15) is 13.2 Å². The Labute approximate surface area is 180 Å². The molecule has 2 fully saturated rings. The van der Waals surface area contributed by atoms with Crippen LogP contribution < -0.4 is 15.0 Å². The summed E-state index contributed by atoms with van der Waals surface area (Å²) in [6.45, 7) is 3.26. The number of rotatable bonds is 6. The van der Waals surface area contributed by atoms with Gasteiger partial charge in [0.2, 0.25) is 11.1 Å². The van der Waals surface area contributed by atoms with E-state index in [-0.39, 0.29) is 11.8 Å². The Hall–Kier alpha value is -2.63. The molecule has 0 amide bonds. The molecule has 1 aliphatic carbocycles. The quantitative estimate of drug-likeness (QED) is 0.611. The number of alkyl halides is 3. The smallest absolute Gasteiger partial charge is 0.392 e. The van der Waals surface area contributed by atoms with Crippen molar-refractivity contribution >= 4 is 28.3 Å². The molecule has 0 unspecified atom stereocenters. The number of ether oxygens (including phenoxy) is 1. The Bertz CT molecular complexity index is 1050. The third kappa shape index (κ3) is 4.25. The summed E-state index contributed by atoms with van der Waals surface area (Å²) in [6.07, 6.45) is -1.32. The number of piperidine rings is 1. The van der Waals surface area contributed by atoms with Crippen molar-refractivity contribution in [1.82, 2.24) is 24.0 Å². The molecule has 2 aliphatic rings. The summed E-state index contributed by atoms with van der Waals surface area (Å²) in [5.74, 6) is 2.44. The standard InChI is InChI=1S/C19H22F3N7OS/c1-11-23-18(31-27-11)28-9-12-4-5-13(10-28)15(12)24-17-25-16-14(3-2-7-29(16)26-17)30-8-6-19(20,21)22/h2-3,7,12-13,15H,4-6,8-10H2,1H3,(H,24,26)/t12-,13+,15-. The van der Waals surface area contributed by atoms with Crippen molar-refractivity contribution in [3.63, 3.8) is 0 Å². The number of aromatic nitrogens is 5. The van der Waals surface area contributed by atoms with Crippen LogP contribution in [0.25, 0.3) is 5.65 Å². The second-order valence-electron chi connectivity index (χ2n) is 8.09. The van der Waals surface area contributed by atoms with Crippen LogP contribution in [-0.4, -0.2) is 55.9 Å². The molecule has 8 nitrogen and oxygen atoms in total. The van der Waals surface area contributed by atoms with Crippen LogP contribution in [0.1, 0.15) is 25.1 Å². The van der Waals surface area contributed by atoms with Gasteiger partial charge in [0, 0.05) is 36.9 Å². The molecule has 0 spiro atoms. The van der Waals surface area contributed by atoms with Gasteiger partial charge in [-0.1, -0.05) is 0 Å². The van der Waals surface area contributed by atoms with Gasteiger partial charge >= 0.3 is 6.18 Å². The summed E-state index contributed by atoms with van der Waals surface area (Å²) in [4.78, 5) is 11.3. The first-order valence-electron chi connectivity index (χ1n) is 10.2. The number of nitrogens with zero attached hydrogens (tertiary/aromatic N) is 6. The van der Waals surface area contributed by atoms with Crippen molar-refractivity contribution in [3.8, 4) is 5.75 Å². The normalized spacial score (nSPS) is 23.5. The molecule has 12 heteroatoms. The van der Waals surface area contributed by atoms with Crippen molar-refractivity contribution in [1.29, 1.82) is 0 Å². The molecule has 1 saturated carbocycles. The number of halogens is 3. The lowest BCUT2D eigenvalue weighted by molar-refractivity contribution is -0.139. The summed E-state index contributed by atoms with van der Waals surface area (Å²) in [7, 11) is 0. The highest BCUT2D eigenvalue weighted by molar-refractivity contribution is 7.09. The average Bonchev–Trinajstić information content (AvgIpc) is 3.37. The van der Waals surface area contributed by atoms with E-state index in [1.165, 1.54) is 16.0 Å². The minimum Gasteiger partial charge on any atom is -0.489 e. The maximum absolute atomic E-state index is 12.4. The predicted molar refractivity (Wildman–Crippen MR) is 110 cm³/mol. The predicted octanol–water partition coefficient (Wildman–Crippen LogP) is 3.55. The summed E-state index contributed by atoms with van der Waals surface area (Å²) >= 11 is 1.44. The maximum Gasteiger partial charge on any atom is 0.392 e. The van der Waals surface area contributed by atoms with Gasteiger partial charge in [0.25, 0.3) is 0 Å². The van der Waals surface area contributed by atoms with Crippen LogP contribution in [0.3, 0.4) is 0 Å². The van der Waals surface area contributed by atoms with Crippen molar-refractivity contribution in [2.75, 3.05) is 29.9 Å². The van der Waals surface area contributed by atoms with Gasteiger partial charge in [-0.3, -0.25) is 0 Å². The topological polar surface area (TPSA) is 80.5 Å². The van der Waals surface area contributed by atoms with E-state index in [1.807, 2.05) is 6.92 Å². The van der Waals surface area contributed by atoms with Crippen LogP contribution in [0.5, 0.6) is 5.75 Å². The Balaban J connectivity index is 1.28. The zero-order valence-corrected chi connectivity index (χ0v) is 17.7. The van der Waals surface area contributed by atoms with Crippen LogP contribution in [0.2, 0.25) is 0 Å². The summed E-state index contributed by atoms with van der Waals surface area (Å²) in [5.41, 5.74) is 0.404. The SMILES string of the molecule is Cc1nsc(N2C[C@H]3CC[C@@H](C2)[C@@H]3Nc2nc3c(OCCC(F)(F)F)cccn3n2)n1. The highest BCUT2D eigenvalue weighted by Gasteiger charge is 2.43. The number of pyridine rings is 1. The van der Waals surface area contributed by atoms with Crippen LogP contribution >= 0.6 is 11.5 Å². The summed E-state index contributed by atoms with van der Waals surface area (Å²) in [6, 6.07) is 3.54. The monoisotopic (exact) mass is 453 g/mol. The number of anilines is 2. The van der Waals surface area contributed by atoms with Crippen LogP contribution in [-0.2, 0) is 0 Å². The lowest BCUT2D eigenvalue weighted by atomic mass is 9.92. The Morgan fingerprint density at radius 2 is 2.00 bits per heavy atom. The van der Waals surface area contributed by atoms with Gasteiger partial charge in [-0.05, 0) is 43.7 Å². The van der Waals surface area contributed by atoms with Crippen molar-refractivity contribution in [3.05, 3.63) is 24.2 Å². The van der Waals surface area contributed by atoms with E-state index >= 15 is 0 Å². The maximum atomic E-state index is 12.4. The zero-order chi connectivity index (χ0) is 21.6. The minimum absolute atomic E-state index is 0.247. The number of nitrogens with one attached hydrogen (secondary N) is 1. The lowest BCUT2D eigenvalue weighted by Crippen LogP contribution is -2.48. The molecule has 4 heterocycles. The first-order valence-corrected chi connectivity index (χ1v) is 11.0. The van der Waals surface area contributed by atoms with Crippen LogP contribution in [0.4, 0.5) is 24.3 Å². The molecule has 1 saturated heterocycles. The van der Waals surface area contributed by atoms with Crippen molar-refractivity contribution in [2.24, 2.45) is 11.8 Å². The summed E-state index contributed by atoms with van der Waals surface area (Å²) < 4.78 is 48.4. The molecule has 2 bridgehead atoms. The van der Waals surface area contributed by atoms with Gasteiger partial charge in [-0.25, -0.2) is 9.50 Å². The van der Waals surface area contributed by atoms with Crippen molar-refractivity contribution < 1.29 is 17.9 Å². The molecule has 31 heavy (non-hydrogen) atoms. The molecule has 0 aromatic carbocycles. The van der Waals surface area contributed by atoms with Gasteiger partial charge < -0.3 is 15.0 Å². The molecular formula is C19H22F3N7OS. The largest absolute Gasteiger partial charge is 0.489 e. The van der Waals surface area contributed by atoms with Gasteiger partial charge in [0.15, 0.2) is 11.4 Å². The van der Waals surface area contributed by atoms with E-state index in [1.54, 1.807) is 18.3 Å². The highest BCUT2D eigenvalue weighted by Crippen LogP contribution is 2.40. The first kappa shape index (κ1) is 20.3. The first-order chi connectivity index (χ1) is 14.9. The number of hydrogen-bond donors (Lipinski definition) is 1. The summed E-state index contributed by atoms with van der Waals surface area (Å²) in [5, 5.41) is 8.91. The fraction of sp³-hybridized carbons (Fsp3) is 0.579. The second kappa shape index (κ2) is 7.81. The van der Waals surface area contributed by atoms with Gasteiger partial charge in [0.05, 0.1) is 13.0 Å². The van der Waals surface area contributed by atoms with E-state index in [2.05, 4.69) is 29.7 Å².